The first kappa shape index (κ1) is 13.9. The van der Waals surface area contributed by atoms with Gasteiger partial charge >= 0.3 is 0 Å². The van der Waals surface area contributed by atoms with Crippen LogP contribution in [0.2, 0.25) is 0 Å². The standard InChI is InChI=1S/C13H20FNO2/c1-10(2)8-15-9-11-3-4-13(12(14)7-11)17-6-5-16/h3-4,7,10,15-16H,5-6,8-9H2,1-2H3. The molecule has 0 atom stereocenters. The van der Waals surface area contributed by atoms with E-state index in [-0.39, 0.29) is 24.8 Å². The number of halogens is 1. The summed E-state index contributed by atoms with van der Waals surface area (Å²) >= 11 is 0. The smallest absolute Gasteiger partial charge is 0.165 e. The number of hydrogen-bond donors (Lipinski definition) is 2. The molecule has 1 rings (SSSR count). The Balaban J connectivity index is 2.50. The van der Waals surface area contributed by atoms with Crippen LogP contribution in [0.1, 0.15) is 19.4 Å². The lowest BCUT2D eigenvalue weighted by Gasteiger charge is -2.09. The normalized spacial score (nSPS) is 10.9. The fourth-order valence-corrected chi connectivity index (χ4v) is 1.43. The van der Waals surface area contributed by atoms with Crippen LogP contribution >= 0.6 is 0 Å². The number of ether oxygens (including phenoxy) is 1. The largest absolute Gasteiger partial charge is 0.488 e. The molecule has 0 fully saturated rings. The maximum absolute atomic E-state index is 13.5. The predicted molar refractivity (Wildman–Crippen MR) is 65.5 cm³/mol. The van der Waals surface area contributed by atoms with Crippen molar-refractivity contribution in [1.29, 1.82) is 0 Å². The van der Waals surface area contributed by atoms with Gasteiger partial charge in [0.25, 0.3) is 0 Å². The van der Waals surface area contributed by atoms with Gasteiger partial charge in [-0.15, -0.1) is 0 Å². The Kier molecular flexibility index (Phi) is 5.94. The Morgan fingerprint density at radius 2 is 2.18 bits per heavy atom. The van der Waals surface area contributed by atoms with E-state index in [1.54, 1.807) is 6.07 Å². The van der Waals surface area contributed by atoms with Gasteiger partial charge in [0.1, 0.15) is 6.61 Å². The maximum atomic E-state index is 13.5. The highest BCUT2D eigenvalue weighted by Gasteiger charge is 2.04. The number of nitrogens with one attached hydrogen (secondary N) is 1. The zero-order valence-corrected chi connectivity index (χ0v) is 10.4. The van der Waals surface area contributed by atoms with Gasteiger partial charge < -0.3 is 15.2 Å². The number of hydrogen-bond acceptors (Lipinski definition) is 3. The van der Waals surface area contributed by atoms with Gasteiger partial charge in [-0.2, -0.15) is 0 Å². The molecule has 0 radical (unpaired) electrons. The van der Waals surface area contributed by atoms with E-state index in [2.05, 4.69) is 19.2 Å². The number of rotatable bonds is 7. The van der Waals surface area contributed by atoms with E-state index in [9.17, 15) is 4.39 Å². The van der Waals surface area contributed by atoms with Crippen LogP contribution in [0.4, 0.5) is 4.39 Å². The molecule has 1 aromatic carbocycles. The minimum Gasteiger partial charge on any atom is -0.488 e. The van der Waals surface area contributed by atoms with Crippen LogP contribution in [0.3, 0.4) is 0 Å². The molecule has 0 amide bonds. The Bertz CT molecular complexity index is 342. The first-order valence-electron chi connectivity index (χ1n) is 5.86. The second-order valence-corrected chi connectivity index (χ2v) is 4.36. The van der Waals surface area contributed by atoms with E-state index in [4.69, 9.17) is 9.84 Å². The lowest BCUT2D eigenvalue weighted by molar-refractivity contribution is 0.196. The van der Waals surface area contributed by atoms with Gasteiger partial charge in [0.2, 0.25) is 0 Å². The Morgan fingerprint density at radius 3 is 2.76 bits per heavy atom. The molecule has 0 heterocycles. The molecule has 0 aromatic heterocycles. The second kappa shape index (κ2) is 7.25. The third-order valence-electron chi connectivity index (χ3n) is 2.23. The molecular formula is C13H20FNO2. The van der Waals surface area contributed by atoms with Crippen LogP contribution in [0.5, 0.6) is 5.75 Å². The van der Waals surface area contributed by atoms with Crippen LogP contribution in [0, 0.1) is 11.7 Å². The average Bonchev–Trinajstić information content (AvgIpc) is 2.27. The third-order valence-corrected chi connectivity index (χ3v) is 2.23. The highest BCUT2D eigenvalue weighted by molar-refractivity contribution is 5.29. The van der Waals surface area contributed by atoms with Gasteiger partial charge in [0.05, 0.1) is 6.61 Å². The summed E-state index contributed by atoms with van der Waals surface area (Å²) < 4.78 is 18.6. The van der Waals surface area contributed by atoms with Gasteiger partial charge in [-0.3, -0.25) is 0 Å². The molecule has 0 aliphatic rings. The van der Waals surface area contributed by atoms with Crippen LogP contribution in [-0.2, 0) is 6.54 Å². The van der Waals surface area contributed by atoms with Crippen LogP contribution in [0.25, 0.3) is 0 Å². The van der Waals surface area contributed by atoms with Crippen molar-refractivity contribution in [2.45, 2.75) is 20.4 Å². The summed E-state index contributed by atoms with van der Waals surface area (Å²) in [6.07, 6.45) is 0. The van der Waals surface area contributed by atoms with E-state index in [0.29, 0.717) is 12.5 Å². The van der Waals surface area contributed by atoms with Crippen LogP contribution in [0.15, 0.2) is 18.2 Å². The van der Waals surface area contributed by atoms with Gasteiger partial charge in [-0.05, 0) is 30.2 Å². The van der Waals surface area contributed by atoms with Gasteiger partial charge in [-0.1, -0.05) is 19.9 Å². The van der Waals surface area contributed by atoms with Crippen molar-refractivity contribution in [3.05, 3.63) is 29.6 Å². The molecule has 4 heteroatoms. The first-order chi connectivity index (χ1) is 8.13. The summed E-state index contributed by atoms with van der Waals surface area (Å²) in [5.41, 5.74) is 0.888. The van der Waals surface area contributed by atoms with Crippen molar-refractivity contribution in [3.63, 3.8) is 0 Å². The summed E-state index contributed by atoms with van der Waals surface area (Å²) in [7, 11) is 0. The average molecular weight is 241 g/mol. The first-order valence-corrected chi connectivity index (χ1v) is 5.86. The minimum absolute atomic E-state index is 0.113. The molecule has 0 spiro atoms. The fraction of sp³-hybridized carbons (Fsp3) is 0.538. The summed E-state index contributed by atoms with van der Waals surface area (Å²) in [4.78, 5) is 0. The van der Waals surface area contributed by atoms with E-state index >= 15 is 0 Å². The van der Waals surface area contributed by atoms with Crippen molar-refractivity contribution < 1.29 is 14.2 Å². The molecule has 0 saturated carbocycles. The van der Waals surface area contributed by atoms with Crippen LogP contribution in [-0.4, -0.2) is 24.9 Å². The van der Waals surface area contributed by atoms with Gasteiger partial charge in [0, 0.05) is 6.54 Å². The minimum atomic E-state index is -0.387. The zero-order chi connectivity index (χ0) is 12.7. The summed E-state index contributed by atoms with van der Waals surface area (Å²) in [6.45, 7) is 5.80. The van der Waals surface area contributed by atoms with Crippen molar-refractivity contribution >= 4 is 0 Å². The zero-order valence-electron chi connectivity index (χ0n) is 10.4. The lowest BCUT2D eigenvalue weighted by Crippen LogP contribution is -2.19. The van der Waals surface area contributed by atoms with Crippen molar-refractivity contribution in [1.82, 2.24) is 5.32 Å². The second-order valence-electron chi connectivity index (χ2n) is 4.36. The molecule has 0 bridgehead atoms. The number of benzene rings is 1. The van der Waals surface area contributed by atoms with Gasteiger partial charge in [-0.25, -0.2) is 4.39 Å². The topological polar surface area (TPSA) is 41.5 Å². The van der Waals surface area contributed by atoms with Crippen molar-refractivity contribution in [2.75, 3.05) is 19.8 Å². The molecule has 3 nitrogen and oxygen atoms in total. The Labute approximate surface area is 102 Å². The molecule has 0 saturated heterocycles. The highest BCUT2D eigenvalue weighted by Crippen LogP contribution is 2.18. The fourth-order valence-electron chi connectivity index (χ4n) is 1.43. The summed E-state index contributed by atoms with van der Waals surface area (Å²) in [6, 6.07) is 4.88. The molecule has 2 N–H and O–H groups in total. The SMILES string of the molecule is CC(C)CNCc1ccc(OCCO)c(F)c1. The monoisotopic (exact) mass is 241 g/mol. The molecular weight excluding hydrogens is 221 g/mol. The quantitative estimate of drug-likeness (QED) is 0.766. The van der Waals surface area contributed by atoms with E-state index in [1.807, 2.05) is 6.07 Å². The lowest BCUT2D eigenvalue weighted by atomic mass is 10.2. The number of aliphatic hydroxyl groups excluding tert-OH is 1. The summed E-state index contributed by atoms with van der Waals surface area (Å²) in [5, 5.41) is 11.8. The number of aliphatic hydroxyl groups is 1. The van der Waals surface area contributed by atoms with E-state index < -0.39 is 0 Å². The highest BCUT2D eigenvalue weighted by atomic mass is 19.1. The third kappa shape index (κ3) is 5.15. The van der Waals surface area contributed by atoms with Crippen molar-refractivity contribution in [3.8, 4) is 5.75 Å². The molecule has 1 aromatic rings. The molecule has 0 unspecified atom stereocenters. The molecule has 0 aliphatic carbocycles. The predicted octanol–water partition coefficient (Wildman–Crippen LogP) is 1.94. The van der Waals surface area contributed by atoms with Crippen molar-refractivity contribution in [2.24, 2.45) is 5.92 Å². The van der Waals surface area contributed by atoms with E-state index in [1.165, 1.54) is 6.07 Å². The Hall–Kier alpha value is -1.13. The molecule has 17 heavy (non-hydrogen) atoms. The summed E-state index contributed by atoms with van der Waals surface area (Å²) in [5.74, 6) is 0.376. The van der Waals surface area contributed by atoms with Crippen LogP contribution < -0.4 is 10.1 Å². The van der Waals surface area contributed by atoms with E-state index in [0.717, 1.165) is 12.1 Å². The molecule has 0 aliphatic heterocycles. The Morgan fingerprint density at radius 1 is 1.41 bits per heavy atom. The maximum Gasteiger partial charge on any atom is 0.165 e. The van der Waals surface area contributed by atoms with Gasteiger partial charge in [0.15, 0.2) is 11.6 Å². The molecule has 96 valence electrons.